The van der Waals surface area contributed by atoms with E-state index in [-0.39, 0.29) is 12.5 Å². The fourth-order valence-corrected chi connectivity index (χ4v) is 2.24. The monoisotopic (exact) mass is 340 g/mol. The average Bonchev–Trinajstić information content (AvgIpc) is 3.26. The first-order chi connectivity index (χ1) is 9.69. The smallest absolute Gasteiger partial charge is 0.257 e. The van der Waals surface area contributed by atoms with Crippen molar-refractivity contribution in [3.63, 3.8) is 0 Å². The van der Waals surface area contributed by atoms with Crippen LogP contribution < -0.4 is 15.4 Å². The van der Waals surface area contributed by atoms with E-state index in [1.165, 1.54) is 12.8 Å². The third-order valence-electron chi connectivity index (χ3n) is 3.11. The normalized spacial score (nSPS) is 14.1. The molecule has 0 atom stereocenters. The molecule has 1 fully saturated rings. The first-order valence-corrected chi connectivity index (χ1v) is 7.89. The molecule has 1 amide bonds. The Morgan fingerprint density at radius 2 is 2.25 bits per heavy atom. The van der Waals surface area contributed by atoms with Crippen LogP contribution in [0.1, 0.15) is 31.7 Å². The largest absolute Gasteiger partial charge is 0.483 e. The Morgan fingerprint density at radius 1 is 1.45 bits per heavy atom. The molecule has 1 saturated carbocycles. The summed E-state index contributed by atoms with van der Waals surface area (Å²) in [5.74, 6) is 0.698. The minimum Gasteiger partial charge on any atom is -0.483 e. The van der Waals surface area contributed by atoms with E-state index in [4.69, 9.17) is 4.74 Å². The second-order valence-electron chi connectivity index (χ2n) is 5.05. The van der Waals surface area contributed by atoms with E-state index >= 15 is 0 Å². The van der Waals surface area contributed by atoms with Crippen molar-refractivity contribution in [2.75, 3.05) is 13.2 Å². The molecule has 1 aromatic carbocycles. The number of benzene rings is 1. The molecule has 0 spiro atoms. The van der Waals surface area contributed by atoms with Crippen LogP contribution in [0.25, 0.3) is 0 Å². The molecule has 1 aromatic rings. The molecule has 2 N–H and O–H groups in total. The van der Waals surface area contributed by atoms with Crippen molar-refractivity contribution in [2.24, 2.45) is 0 Å². The number of ether oxygens (including phenoxy) is 1. The van der Waals surface area contributed by atoms with Gasteiger partial charge in [0.2, 0.25) is 0 Å². The van der Waals surface area contributed by atoms with Crippen molar-refractivity contribution in [1.29, 1.82) is 0 Å². The predicted molar refractivity (Wildman–Crippen MR) is 82.8 cm³/mol. The zero-order valence-corrected chi connectivity index (χ0v) is 13.3. The first-order valence-electron chi connectivity index (χ1n) is 7.10. The van der Waals surface area contributed by atoms with Crippen LogP contribution in [0.4, 0.5) is 0 Å². The molecule has 0 aliphatic heterocycles. The Bertz CT molecular complexity index is 461. The molecule has 110 valence electrons. The van der Waals surface area contributed by atoms with Gasteiger partial charge in [0, 0.05) is 29.2 Å². The van der Waals surface area contributed by atoms with Gasteiger partial charge in [-0.25, -0.2) is 0 Å². The first kappa shape index (κ1) is 15.3. The minimum absolute atomic E-state index is 0.0675. The van der Waals surface area contributed by atoms with Crippen molar-refractivity contribution >= 4 is 21.8 Å². The molecule has 0 aromatic heterocycles. The van der Waals surface area contributed by atoms with Gasteiger partial charge in [-0.2, -0.15) is 0 Å². The number of carbonyl (C=O) groups excluding carboxylic acids is 1. The molecule has 0 radical (unpaired) electrons. The van der Waals surface area contributed by atoms with E-state index < -0.39 is 0 Å². The van der Waals surface area contributed by atoms with Gasteiger partial charge in [-0.1, -0.05) is 22.9 Å². The second-order valence-corrected chi connectivity index (χ2v) is 5.96. The van der Waals surface area contributed by atoms with Gasteiger partial charge in [-0.3, -0.25) is 4.79 Å². The van der Waals surface area contributed by atoms with Crippen LogP contribution in [0.5, 0.6) is 5.75 Å². The molecule has 1 aliphatic rings. The summed E-state index contributed by atoms with van der Waals surface area (Å²) >= 11 is 3.47. The zero-order chi connectivity index (χ0) is 14.4. The summed E-state index contributed by atoms with van der Waals surface area (Å²) in [6.07, 6.45) is 3.44. The maximum Gasteiger partial charge on any atom is 0.257 e. The number of amides is 1. The fourth-order valence-electron chi connectivity index (χ4n) is 1.83. The summed E-state index contributed by atoms with van der Waals surface area (Å²) in [6, 6.07) is 6.52. The molecule has 0 saturated heterocycles. The molecule has 0 unspecified atom stereocenters. The van der Waals surface area contributed by atoms with E-state index in [9.17, 15) is 4.79 Å². The molecule has 2 rings (SSSR count). The lowest BCUT2D eigenvalue weighted by atomic mass is 10.2. The van der Waals surface area contributed by atoms with E-state index in [0.29, 0.717) is 12.6 Å². The van der Waals surface area contributed by atoms with Crippen LogP contribution >= 0.6 is 15.9 Å². The highest BCUT2D eigenvalue weighted by molar-refractivity contribution is 9.10. The van der Waals surface area contributed by atoms with E-state index in [1.807, 2.05) is 25.1 Å². The minimum atomic E-state index is -0.0733. The lowest BCUT2D eigenvalue weighted by Crippen LogP contribution is -2.29. The molecule has 20 heavy (non-hydrogen) atoms. The maximum atomic E-state index is 11.6. The van der Waals surface area contributed by atoms with Gasteiger partial charge < -0.3 is 15.4 Å². The number of rotatable bonds is 8. The Hall–Kier alpha value is -1.07. The number of nitrogens with one attached hydrogen (secondary N) is 2. The summed E-state index contributed by atoms with van der Waals surface area (Å²) in [4.78, 5) is 11.6. The summed E-state index contributed by atoms with van der Waals surface area (Å²) < 4.78 is 6.65. The summed E-state index contributed by atoms with van der Waals surface area (Å²) in [5.41, 5.74) is 1.08. The third kappa shape index (κ3) is 5.13. The second kappa shape index (κ2) is 7.64. The van der Waals surface area contributed by atoms with Crippen LogP contribution in [0.15, 0.2) is 22.7 Å². The highest BCUT2D eigenvalue weighted by atomic mass is 79.9. The highest BCUT2D eigenvalue weighted by Crippen LogP contribution is 2.25. The molecular formula is C15H21BrN2O2. The van der Waals surface area contributed by atoms with Crippen molar-refractivity contribution in [3.05, 3.63) is 28.2 Å². The molecular weight excluding hydrogens is 320 g/mol. The molecule has 1 aliphatic carbocycles. The van der Waals surface area contributed by atoms with Gasteiger partial charge in [0.1, 0.15) is 5.75 Å². The molecule has 0 heterocycles. The van der Waals surface area contributed by atoms with E-state index in [2.05, 4.69) is 26.6 Å². The van der Waals surface area contributed by atoms with Crippen molar-refractivity contribution in [3.8, 4) is 5.75 Å². The molecule has 5 heteroatoms. The quantitative estimate of drug-likeness (QED) is 0.764. The average molecular weight is 341 g/mol. The van der Waals surface area contributed by atoms with Crippen LogP contribution in [0.3, 0.4) is 0 Å². The zero-order valence-electron chi connectivity index (χ0n) is 11.7. The predicted octanol–water partition coefficient (Wildman–Crippen LogP) is 2.61. The van der Waals surface area contributed by atoms with Crippen LogP contribution in [-0.2, 0) is 11.3 Å². The van der Waals surface area contributed by atoms with Gasteiger partial charge in [-0.15, -0.1) is 0 Å². The summed E-state index contributed by atoms with van der Waals surface area (Å²) in [7, 11) is 0. The van der Waals surface area contributed by atoms with Gasteiger partial charge in [0.15, 0.2) is 6.61 Å². The van der Waals surface area contributed by atoms with Gasteiger partial charge in [-0.05, 0) is 37.5 Å². The lowest BCUT2D eigenvalue weighted by Gasteiger charge is -2.12. The lowest BCUT2D eigenvalue weighted by molar-refractivity contribution is -0.123. The van der Waals surface area contributed by atoms with E-state index in [0.717, 1.165) is 28.8 Å². The number of halogens is 1. The van der Waals surface area contributed by atoms with Crippen molar-refractivity contribution in [1.82, 2.24) is 10.6 Å². The highest BCUT2D eigenvalue weighted by Gasteiger charge is 2.20. The van der Waals surface area contributed by atoms with Gasteiger partial charge >= 0.3 is 0 Å². The Kier molecular flexibility index (Phi) is 5.86. The Labute approximate surface area is 128 Å². The maximum absolute atomic E-state index is 11.6. The van der Waals surface area contributed by atoms with Crippen LogP contribution in [0.2, 0.25) is 0 Å². The fraction of sp³-hybridized carbons (Fsp3) is 0.533. The van der Waals surface area contributed by atoms with E-state index in [1.54, 1.807) is 0 Å². The van der Waals surface area contributed by atoms with Gasteiger partial charge in [0.05, 0.1) is 0 Å². The topological polar surface area (TPSA) is 50.4 Å². The number of hydrogen-bond donors (Lipinski definition) is 2. The Balaban J connectivity index is 1.89. The van der Waals surface area contributed by atoms with Crippen LogP contribution in [-0.4, -0.2) is 25.1 Å². The van der Waals surface area contributed by atoms with Crippen molar-refractivity contribution < 1.29 is 9.53 Å². The molecule has 4 nitrogen and oxygen atoms in total. The van der Waals surface area contributed by atoms with Crippen molar-refractivity contribution in [2.45, 2.75) is 38.8 Å². The molecule has 0 bridgehead atoms. The Morgan fingerprint density at radius 3 is 2.95 bits per heavy atom. The number of hydrogen-bond acceptors (Lipinski definition) is 3. The number of carbonyl (C=O) groups is 1. The summed E-state index contributed by atoms with van der Waals surface area (Å²) in [6.45, 7) is 3.56. The standard InChI is InChI=1S/C15H21BrN2O2/c1-2-7-17-15(19)10-20-14-6-3-12(16)8-11(14)9-18-13-4-5-13/h3,6,8,13,18H,2,4-5,7,9-10H2,1H3,(H,17,19). The van der Waals surface area contributed by atoms with Gasteiger partial charge in [0.25, 0.3) is 5.91 Å². The van der Waals surface area contributed by atoms with Crippen LogP contribution in [0, 0.1) is 0 Å². The summed E-state index contributed by atoms with van der Waals surface area (Å²) in [5, 5.41) is 6.27. The SMILES string of the molecule is CCCNC(=O)COc1ccc(Br)cc1CNC1CC1. The third-order valence-corrected chi connectivity index (χ3v) is 3.61.